The highest BCUT2D eigenvalue weighted by Crippen LogP contribution is 2.11. The number of hydrogen-bond donors (Lipinski definition) is 5. The van der Waals surface area contributed by atoms with Crippen LogP contribution in [0.25, 0.3) is 0 Å². The Hall–Kier alpha value is -1.01. The Kier molecular flexibility index (Phi) is 9.15. The number of rotatable bonds is 2. The van der Waals surface area contributed by atoms with Gasteiger partial charge in [0.1, 0.15) is 0 Å². The van der Waals surface area contributed by atoms with Gasteiger partial charge in [-0.15, -0.1) is 0 Å². The minimum atomic E-state index is -2.62. The van der Waals surface area contributed by atoms with Crippen molar-refractivity contribution >= 4 is 20.5 Å². The standard InChI is InChI=1S/C4H4O4.H3O3P/c5-3(6)1-2-4(7)8;1-4(2)3/h1-2H,(H,5,6)(H,7,8);1-3H. The highest BCUT2D eigenvalue weighted by Gasteiger charge is 1.88. The fourth-order valence-electron chi connectivity index (χ4n) is 0.143. The van der Waals surface area contributed by atoms with Gasteiger partial charge in [0.25, 0.3) is 0 Å². The van der Waals surface area contributed by atoms with Crippen LogP contribution in [0, 0.1) is 0 Å². The lowest BCUT2D eigenvalue weighted by atomic mass is 10.5. The number of aliphatic carboxylic acids is 2. The molecule has 0 heterocycles. The first-order valence-corrected chi connectivity index (χ1v) is 3.57. The highest BCUT2D eigenvalue weighted by atomic mass is 31.2. The summed E-state index contributed by atoms with van der Waals surface area (Å²) >= 11 is 0. The third kappa shape index (κ3) is 36.1. The van der Waals surface area contributed by atoms with Gasteiger partial charge >= 0.3 is 20.5 Å². The van der Waals surface area contributed by atoms with Gasteiger partial charge < -0.3 is 24.9 Å². The zero-order chi connectivity index (χ0) is 10.1. The van der Waals surface area contributed by atoms with Gasteiger partial charge in [0.05, 0.1) is 0 Å². The lowest BCUT2D eigenvalue weighted by molar-refractivity contribution is -0.134. The van der Waals surface area contributed by atoms with Crippen LogP contribution in [-0.2, 0) is 9.59 Å². The first-order chi connectivity index (χ1) is 5.36. The molecule has 0 aliphatic rings. The summed E-state index contributed by atoms with van der Waals surface area (Å²) in [4.78, 5) is 40.8. The fourth-order valence-corrected chi connectivity index (χ4v) is 0.143. The molecule has 70 valence electrons. The third-order valence-corrected chi connectivity index (χ3v) is 0.368. The average Bonchev–Trinajstić information content (AvgIpc) is 1.82. The second-order valence-corrected chi connectivity index (χ2v) is 1.81. The second-order valence-electron chi connectivity index (χ2n) is 1.28. The predicted molar refractivity (Wildman–Crippen MR) is 38.0 cm³/mol. The normalized spacial score (nSPS) is 9.33. The molecule has 0 fully saturated rings. The summed E-state index contributed by atoms with van der Waals surface area (Å²) in [6.07, 6.45) is 1.12. The molecule has 0 amide bonds. The van der Waals surface area contributed by atoms with Gasteiger partial charge in [-0.25, -0.2) is 9.59 Å². The fraction of sp³-hybridized carbons (Fsp3) is 0. The first kappa shape index (κ1) is 13.6. The van der Waals surface area contributed by atoms with E-state index in [-0.39, 0.29) is 0 Å². The number of carbonyl (C=O) groups is 2. The van der Waals surface area contributed by atoms with E-state index in [0.29, 0.717) is 12.2 Å². The molecule has 0 radical (unpaired) electrons. The summed E-state index contributed by atoms with van der Waals surface area (Å²) in [5, 5.41) is 15.6. The van der Waals surface area contributed by atoms with Crippen LogP contribution in [0.2, 0.25) is 0 Å². The van der Waals surface area contributed by atoms with Crippen LogP contribution in [0.1, 0.15) is 0 Å². The van der Waals surface area contributed by atoms with Crippen LogP contribution < -0.4 is 0 Å². The van der Waals surface area contributed by atoms with Crippen LogP contribution in [-0.4, -0.2) is 36.8 Å². The Labute approximate surface area is 68.2 Å². The maximum Gasteiger partial charge on any atom is 0.328 e. The summed E-state index contributed by atoms with van der Waals surface area (Å²) in [6.45, 7) is 0. The molecule has 0 unspecified atom stereocenters. The van der Waals surface area contributed by atoms with Gasteiger partial charge in [0, 0.05) is 12.2 Å². The van der Waals surface area contributed by atoms with Gasteiger partial charge in [0.2, 0.25) is 0 Å². The molecule has 0 saturated heterocycles. The van der Waals surface area contributed by atoms with Gasteiger partial charge in [-0.2, -0.15) is 0 Å². The van der Waals surface area contributed by atoms with E-state index < -0.39 is 20.5 Å². The molecule has 5 N–H and O–H groups in total. The Bertz CT molecular complexity index is 155. The van der Waals surface area contributed by atoms with E-state index in [0.717, 1.165) is 0 Å². The summed E-state index contributed by atoms with van der Waals surface area (Å²) in [5.74, 6) is -2.51. The molecule has 0 aliphatic carbocycles. The van der Waals surface area contributed by atoms with Crippen molar-refractivity contribution in [1.29, 1.82) is 0 Å². The zero-order valence-corrected chi connectivity index (χ0v) is 6.55. The molecule has 0 aromatic carbocycles. The van der Waals surface area contributed by atoms with Crippen molar-refractivity contribution in [3.63, 3.8) is 0 Å². The van der Waals surface area contributed by atoms with Crippen LogP contribution in [0.3, 0.4) is 0 Å². The van der Waals surface area contributed by atoms with Crippen LogP contribution in [0.5, 0.6) is 0 Å². The molecule has 7 nitrogen and oxygen atoms in total. The smallest absolute Gasteiger partial charge is 0.328 e. The van der Waals surface area contributed by atoms with E-state index in [2.05, 4.69) is 0 Å². The van der Waals surface area contributed by atoms with Crippen LogP contribution >= 0.6 is 8.60 Å². The van der Waals surface area contributed by atoms with Crippen molar-refractivity contribution in [3.8, 4) is 0 Å². The quantitative estimate of drug-likeness (QED) is 0.280. The maximum atomic E-state index is 9.55. The summed E-state index contributed by atoms with van der Waals surface area (Å²) < 4.78 is 0. The maximum absolute atomic E-state index is 9.55. The second kappa shape index (κ2) is 8.09. The molecular formula is C4H7O7P. The van der Waals surface area contributed by atoms with Gasteiger partial charge in [0.15, 0.2) is 0 Å². The molecule has 12 heavy (non-hydrogen) atoms. The molecule has 0 spiro atoms. The third-order valence-electron chi connectivity index (χ3n) is 0.368. The van der Waals surface area contributed by atoms with E-state index >= 15 is 0 Å². The van der Waals surface area contributed by atoms with Gasteiger partial charge in [-0.05, 0) is 0 Å². The summed E-state index contributed by atoms with van der Waals surface area (Å²) in [5.41, 5.74) is 0. The molecule has 0 aromatic rings. The van der Waals surface area contributed by atoms with Crippen molar-refractivity contribution in [2.75, 3.05) is 0 Å². The van der Waals surface area contributed by atoms with E-state index in [1.807, 2.05) is 0 Å². The van der Waals surface area contributed by atoms with Crippen molar-refractivity contribution in [3.05, 3.63) is 12.2 Å². The number of hydrogen-bond acceptors (Lipinski definition) is 5. The molecule has 0 aromatic heterocycles. The minimum absolute atomic E-state index is 0.558. The van der Waals surface area contributed by atoms with E-state index in [4.69, 9.17) is 24.9 Å². The largest absolute Gasteiger partial charge is 0.478 e. The zero-order valence-electron chi connectivity index (χ0n) is 5.65. The Morgan fingerprint density at radius 3 is 1.17 bits per heavy atom. The van der Waals surface area contributed by atoms with Gasteiger partial charge in [-0.3, -0.25) is 0 Å². The number of carboxylic acids is 2. The molecular weight excluding hydrogens is 191 g/mol. The van der Waals surface area contributed by atoms with E-state index in [1.165, 1.54) is 0 Å². The monoisotopic (exact) mass is 198 g/mol. The SMILES string of the molecule is O=C(O)C=CC(=O)O.OP(O)O. The molecule has 0 atom stereocenters. The minimum Gasteiger partial charge on any atom is -0.478 e. The Morgan fingerprint density at radius 1 is 0.917 bits per heavy atom. The van der Waals surface area contributed by atoms with Crippen molar-refractivity contribution in [2.24, 2.45) is 0 Å². The molecule has 8 heteroatoms. The molecule has 0 saturated carbocycles. The summed E-state index contributed by atoms with van der Waals surface area (Å²) in [7, 11) is -2.62. The van der Waals surface area contributed by atoms with Crippen LogP contribution in [0.15, 0.2) is 12.2 Å². The van der Waals surface area contributed by atoms with E-state index in [9.17, 15) is 9.59 Å². The Morgan fingerprint density at radius 2 is 1.08 bits per heavy atom. The van der Waals surface area contributed by atoms with E-state index in [1.54, 1.807) is 0 Å². The Balaban J connectivity index is 0. The predicted octanol–water partition coefficient (Wildman–Crippen LogP) is -1.10. The van der Waals surface area contributed by atoms with Crippen molar-refractivity contribution < 1.29 is 34.5 Å². The van der Waals surface area contributed by atoms with Crippen molar-refractivity contribution in [1.82, 2.24) is 0 Å². The lowest BCUT2D eigenvalue weighted by Gasteiger charge is -1.76. The average molecular weight is 198 g/mol. The summed E-state index contributed by atoms with van der Waals surface area (Å²) in [6, 6.07) is 0. The highest BCUT2D eigenvalue weighted by molar-refractivity contribution is 7.38. The van der Waals surface area contributed by atoms with Gasteiger partial charge in [-0.1, -0.05) is 0 Å². The first-order valence-electron chi connectivity index (χ1n) is 2.37. The van der Waals surface area contributed by atoms with Crippen LogP contribution in [0.4, 0.5) is 0 Å². The van der Waals surface area contributed by atoms with Crippen molar-refractivity contribution in [2.45, 2.75) is 0 Å². The topological polar surface area (TPSA) is 135 Å². The molecule has 0 bridgehead atoms. The lowest BCUT2D eigenvalue weighted by Crippen LogP contribution is -1.91. The molecule has 0 aliphatic heterocycles. The molecule has 0 rings (SSSR count). The number of carboxylic acid groups (broad SMARTS) is 2.